The SMILES string of the molecule is CCc1c(Cc2ccccc2)oc2ccccc12. The highest BCUT2D eigenvalue weighted by molar-refractivity contribution is 5.82. The standard InChI is InChI=1S/C17H16O/c1-2-14-15-10-6-7-11-16(15)18-17(14)12-13-8-4-3-5-9-13/h3-11H,2,12H2,1H3. The van der Waals surface area contributed by atoms with E-state index >= 15 is 0 Å². The van der Waals surface area contributed by atoms with Crippen molar-refractivity contribution in [1.82, 2.24) is 0 Å². The number of para-hydroxylation sites is 1. The van der Waals surface area contributed by atoms with Crippen molar-refractivity contribution in [3.63, 3.8) is 0 Å². The zero-order valence-corrected chi connectivity index (χ0v) is 10.5. The quantitative estimate of drug-likeness (QED) is 0.648. The number of hydrogen-bond donors (Lipinski definition) is 0. The van der Waals surface area contributed by atoms with Gasteiger partial charge in [0, 0.05) is 17.4 Å². The summed E-state index contributed by atoms with van der Waals surface area (Å²) in [6.07, 6.45) is 1.89. The zero-order chi connectivity index (χ0) is 12.4. The molecule has 0 spiro atoms. The van der Waals surface area contributed by atoms with Crippen molar-refractivity contribution in [2.45, 2.75) is 19.8 Å². The van der Waals surface area contributed by atoms with Crippen molar-refractivity contribution in [3.8, 4) is 0 Å². The molecule has 0 bridgehead atoms. The lowest BCUT2D eigenvalue weighted by atomic mass is 10.0. The zero-order valence-electron chi connectivity index (χ0n) is 10.5. The van der Waals surface area contributed by atoms with E-state index in [1.54, 1.807) is 0 Å². The van der Waals surface area contributed by atoms with Gasteiger partial charge in [-0.3, -0.25) is 0 Å². The summed E-state index contributed by atoms with van der Waals surface area (Å²) in [6.45, 7) is 2.19. The van der Waals surface area contributed by atoms with Gasteiger partial charge in [-0.25, -0.2) is 0 Å². The van der Waals surface area contributed by atoms with Crippen LogP contribution in [-0.2, 0) is 12.8 Å². The first-order chi connectivity index (χ1) is 8.88. The summed E-state index contributed by atoms with van der Waals surface area (Å²) in [4.78, 5) is 0. The Morgan fingerprint density at radius 3 is 2.39 bits per heavy atom. The van der Waals surface area contributed by atoms with E-state index in [2.05, 4.69) is 43.3 Å². The smallest absolute Gasteiger partial charge is 0.134 e. The van der Waals surface area contributed by atoms with E-state index in [1.165, 1.54) is 16.5 Å². The van der Waals surface area contributed by atoms with Crippen molar-refractivity contribution >= 4 is 11.0 Å². The number of hydrogen-bond acceptors (Lipinski definition) is 1. The second-order valence-corrected chi connectivity index (χ2v) is 4.52. The van der Waals surface area contributed by atoms with Crippen molar-refractivity contribution in [2.24, 2.45) is 0 Å². The fraction of sp³-hybridized carbons (Fsp3) is 0.176. The number of rotatable bonds is 3. The van der Waals surface area contributed by atoms with E-state index in [-0.39, 0.29) is 0 Å². The second-order valence-electron chi connectivity index (χ2n) is 4.52. The molecule has 0 aliphatic carbocycles. The molecule has 1 heteroatoms. The molecule has 0 saturated carbocycles. The van der Waals surface area contributed by atoms with Crippen molar-refractivity contribution in [2.75, 3.05) is 0 Å². The highest BCUT2D eigenvalue weighted by Crippen LogP contribution is 2.27. The molecule has 1 heterocycles. The first kappa shape index (κ1) is 11.1. The lowest BCUT2D eigenvalue weighted by Gasteiger charge is -2.00. The third-order valence-electron chi connectivity index (χ3n) is 3.34. The Balaban J connectivity index is 2.06. The molecule has 1 aromatic heterocycles. The van der Waals surface area contributed by atoms with Crippen LogP contribution in [0, 0.1) is 0 Å². The van der Waals surface area contributed by atoms with Gasteiger partial charge in [-0.15, -0.1) is 0 Å². The lowest BCUT2D eigenvalue weighted by molar-refractivity contribution is 0.556. The number of fused-ring (bicyclic) bond motifs is 1. The molecule has 3 aromatic rings. The van der Waals surface area contributed by atoms with E-state index in [4.69, 9.17) is 4.42 Å². The molecule has 0 fully saturated rings. The van der Waals surface area contributed by atoms with E-state index < -0.39 is 0 Å². The Kier molecular flexibility index (Phi) is 2.89. The molecule has 0 N–H and O–H groups in total. The molecule has 3 rings (SSSR count). The van der Waals surface area contributed by atoms with Crippen LogP contribution < -0.4 is 0 Å². The number of furan rings is 1. The Bertz CT molecular complexity index is 650. The predicted octanol–water partition coefficient (Wildman–Crippen LogP) is 4.59. The molecule has 0 amide bonds. The van der Waals surface area contributed by atoms with Gasteiger partial charge in [0.1, 0.15) is 11.3 Å². The lowest BCUT2D eigenvalue weighted by Crippen LogP contribution is -1.90. The normalized spacial score (nSPS) is 10.9. The predicted molar refractivity (Wildman–Crippen MR) is 74.8 cm³/mol. The summed E-state index contributed by atoms with van der Waals surface area (Å²) < 4.78 is 5.99. The van der Waals surface area contributed by atoms with Gasteiger partial charge in [-0.1, -0.05) is 55.5 Å². The molecule has 0 aliphatic heterocycles. The summed E-state index contributed by atoms with van der Waals surface area (Å²) >= 11 is 0. The summed E-state index contributed by atoms with van der Waals surface area (Å²) in [5.74, 6) is 1.10. The van der Waals surface area contributed by atoms with Crippen LogP contribution in [0.4, 0.5) is 0 Å². The van der Waals surface area contributed by atoms with Gasteiger partial charge in [0.25, 0.3) is 0 Å². The molecule has 90 valence electrons. The van der Waals surface area contributed by atoms with Crippen LogP contribution in [0.2, 0.25) is 0 Å². The van der Waals surface area contributed by atoms with E-state index in [1.807, 2.05) is 18.2 Å². The largest absolute Gasteiger partial charge is 0.460 e. The van der Waals surface area contributed by atoms with Crippen LogP contribution in [0.3, 0.4) is 0 Å². The maximum absolute atomic E-state index is 5.99. The Hall–Kier alpha value is -2.02. The fourth-order valence-corrected chi connectivity index (χ4v) is 2.46. The number of aryl methyl sites for hydroxylation is 1. The first-order valence-electron chi connectivity index (χ1n) is 6.41. The van der Waals surface area contributed by atoms with E-state index in [9.17, 15) is 0 Å². The minimum atomic E-state index is 0.874. The van der Waals surface area contributed by atoms with Crippen LogP contribution in [0.25, 0.3) is 11.0 Å². The van der Waals surface area contributed by atoms with E-state index in [0.29, 0.717) is 0 Å². The van der Waals surface area contributed by atoms with Gasteiger partial charge in [-0.05, 0) is 18.1 Å². The summed E-state index contributed by atoms with van der Waals surface area (Å²) in [7, 11) is 0. The fourth-order valence-electron chi connectivity index (χ4n) is 2.46. The maximum atomic E-state index is 5.99. The number of benzene rings is 2. The molecule has 2 aromatic carbocycles. The topological polar surface area (TPSA) is 13.1 Å². The van der Waals surface area contributed by atoms with Gasteiger partial charge in [-0.2, -0.15) is 0 Å². The summed E-state index contributed by atoms with van der Waals surface area (Å²) in [5.41, 5.74) is 3.64. The maximum Gasteiger partial charge on any atom is 0.134 e. The van der Waals surface area contributed by atoms with Crippen LogP contribution in [0.15, 0.2) is 59.0 Å². The average molecular weight is 236 g/mol. The molecule has 0 aliphatic rings. The van der Waals surface area contributed by atoms with Crippen molar-refractivity contribution in [1.29, 1.82) is 0 Å². The first-order valence-corrected chi connectivity index (χ1v) is 6.41. The third-order valence-corrected chi connectivity index (χ3v) is 3.34. The molecular formula is C17H16O. The van der Waals surface area contributed by atoms with E-state index in [0.717, 1.165) is 24.2 Å². The molecule has 0 saturated heterocycles. The van der Waals surface area contributed by atoms with Crippen LogP contribution >= 0.6 is 0 Å². The molecule has 0 radical (unpaired) electrons. The van der Waals surface area contributed by atoms with Gasteiger partial charge in [0.2, 0.25) is 0 Å². The third kappa shape index (κ3) is 1.92. The summed E-state index contributed by atoms with van der Waals surface area (Å²) in [5, 5.41) is 1.26. The second kappa shape index (κ2) is 4.69. The molecular weight excluding hydrogens is 220 g/mol. The van der Waals surface area contributed by atoms with Crippen molar-refractivity contribution < 1.29 is 4.42 Å². The summed E-state index contributed by atoms with van der Waals surface area (Å²) in [6, 6.07) is 18.8. The van der Waals surface area contributed by atoms with Gasteiger partial charge < -0.3 is 4.42 Å². The molecule has 18 heavy (non-hydrogen) atoms. The van der Waals surface area contributed by atoms with Crippen LogP contribution in [0.5, 0.6) is 0 Å². The van der Waals surface area contributed by atoms with Crippen LogP contribution in [-0.4, -0.2) is 0 Å². The minimum absolute atomic E-state index is 0.874. The molecule has 0 atom stereocenters. The Morgan fingerprint density at radius 1 is 0.889 bits per heavy atom. The van der Waals surface area contributed by atoms with Gasteiger partial charge in [0.15, 0.2) is 0 Å². The highest BCUT2D eigenvalue weighted by Gasteiger charge is 2.12. The van der Waals surface area contributed by atoms with Crippen LogP contribution in [0.1, 0.15) is 23.8 Å². The molecule has 1 nitrogen and oxygen atoms in total. The minimum Gasteiger partial charge on any atom is -0.460 e. The van der Waals surface area contributed by atoms with Crippen molar-refractivity contribution in [3.05, 3.63) is 71.5 Å². The monoisotopic (exact) mass is 236 g/mol. The van der Waals surface area contributed by atoms with Gasteiger partial charge >= 0.3 is 0 Å². The molecule has 0 unspecified atom stereocenters. The Morgan fingerprint density at radius 2 is 1.61 bits per heavy atom. The Labute approximate surface area is 107 Å². The van der Waals surface area contributed by atoms with Gasteiger partial charge in [0.05, 0.1) is 0 Å². The average Bonchev–Trinajstić information content (AvgIpc) is 2.77. The highest BCUT2D eigenvalue weighted by atomic mass is 16.3.